The first-order valence-electron chi connectivity index (χ1n) is 7.54. The van der Waals surface area contributed by atoms with Crippen molar-refractivity contribution >= 4 is 0 Å². The molecular formula is C14H27N3O. The summed E-state index contributed by atoms with van der Waals surface area (Å²) in [5, 5.41) is 0. The summed E-state index contributed by atoms with van der Waals surface area (Å²) >= 11 is 0. The molecule has 2 N–H and O–H groups in total. The van der Waals surface area contributed by atoms with Gasteiger partial charge in [-0.05, 0) is 32.7 Å². The van der Waals surface area contributed by atoms with Gasteiger partial charge in [-0.2, -0.15) is 0 Å². The number of rotatable bonds is 2. The Morgan fingerprint density at radius 3 is 2.94 bits per heavy atom. The Hall–Kier alpha value is -0.160. The monoisotopic (exact) mass is 253 g/mol. The van der Waals surface area contributed by atoms with Crippen LogP contribution in [0.4, 0.5) is 0 Å². The summed E-state index contributed by atoms with van der Waals surface area (Å²) in [7, 11) is 0. The van der Waals surface area contributed by atoms with Gasteiger partial charge in [0.15, 0.2) is 0 Å². The van der Waals surface area contributed by atoms with Crippen molar-refractivity contribution in [2.75, 3.05) is 39.4 Å². The van der Waals surface area contributed by atoms with E-state index >= 15 is 0 Å². The fourth-order valence-corrected chi connectivity index (χ4v) is 4.11. The van der Waals surface area contributed by atoms with Gasteiger partial charge < -0.3 is 10.5 Å². The number of hydrogen-bond acceptors (Lipinski definition) is 4. The van der Waals surface area contributed by atoms with Gasteiger partial charge in [0.05, 0.1) is 12.1 Å². The van der Waals surface area contributed by atoms with Crippen LogP contribution in [-0.2, 0) is 4.74 Å². The fraction of sp³-hybridized carbons (Fsp3) is 1.00. The lowest BCUT2D eigenvalue weighted by Gasteiger charge is -2.53. The highest BCUT2D eigenvalue weighted by Gasteiger charge is 2.45. The van der Waals surface area contributed by atoms with Crippen molar-refractivity contribution in [3.8, 4) is 0 Å². The molecule has 3 aliphatic heterocycles. The topological polar surface area (TPSA) is 41.7 Å². The maximum atomic E-state index is 6.09. The predicted octanol–water partition coefficient (Wildman–Crippen LogP) is 0.663. The third-order valence-corrected chi connectivity index (χ3v) is 5.26. The van der Waals surface area contributed by atoms with Gasteiger partial charge in [0, 0.05) is 38.3 Å². The summed E-state index contributed by atoms with van der Waals surface area (Å²) in [4.78, 5) is 5.37. The van der Waals surface area contributed by atoms with Gasteiger partial charge in [-0.15, -0.1) is 0 Å². The highest BCUT2D eigenvalue weighted by molar-refractivity contribution is 5.02. The molecule has 0 aromatic carbocycles. The molecule has 0 aliphatic carbocycles. The molecule has 3 saturated heterocycles. The Labute approximate surface area is 110 Å². The number of fused-ring (bicyclic) bond motifs is 1. The lowest BCUT2D eigenvalue weighted by molar-refractivity contribution is -0.0472. The number of nitrogens with zero attached hydrogens (tertiary/aromatic N) is 2. The van der Waals surface area contributed by atoms with Crippen LogP contribution in [0.5, 0.6) is 0 Å². The highest BCUT2D eigenvalue weighted by Crippen LogP contribution is 2.33. The summed E-state index contributed by atoms with van der Waals surface area (Å²) in [6, 6.07) is 1.38. The normalized spacial score (nSPS) is 43.0. The molecule has 4 heteroatoms. The minimum Gasteiger partial charge on any atom is -0.379 e. The summed E-state index contributed by atoms with van der Waals surface area (Å²) in [6.07, 6.45) is 5.26. The minimum absolute atomic E-state index is 0.128. The van der Waals surface area contributed by atoms with E-state index in [2.05, 4.69) is 16.7 Å². The van der Waals surface area contributed by atoms with Crippen LogP contribution in [0.1, 0.15) is 32.6 Å². The van der Waals surface area contributed by atoms with E-state index < -0.39 is 0 Å². The molecule has 104 valence electrons. The number of piperazine rings is 1. The lowest BCUT2D eigenvalue weighted by atomic mass is 9.89. The molecular weight excluding hydrogens is 226 g/mol. The molecule has 4 nitrogen and oxygen atoms in total. The van der Waals surface area contributed by atoms with Crippen LogP contribution in [0.2, 0.25) is 0 Å². The standard InChI is InChI=1S/C14H27N3O/c1-12-8-16-6-3-2-4-13(16)9-17(12)14(10-15)5-7-18-11-14/h12-13H,2-11,15H2,1H3. The van der Waals surface area contributed by atoms with Crippen molar-refractivity contribution < 1.29 is 4.74 Å². The first-order valence-corrected chi connectivity index (χ1v) is 7.54. The van der Waals surface area contributed by atoms with Crippen molar-refractivity contribution in [3.63, 3.8) is 0 Å². The van der Waals surface area contributed by atoms with Crippen LogP contribution in [0.15, 0.2) is 0 Å². The van der Waals surface area contributed by atoms with E-state index in [-0.39, 0.29) is 5.54 Å². The lowest BCUT2D eigenvalue weighted by Crippen LogP contribution is -2.67. The van der Waals surface area contributed by atoms with Crippen LogP contribution < -0.4 is 5.73 Å². The first-order chi connectivity index (χ1) is 8.75. The fourth-order valence-electron chi connectivity index (χ4n) is 4.11. The average molecular weight is 253 g/mol. The van der Waals surface area contributed by atoms with E-state index in [1.54, 1.807) is 0 Å². The smallest absolute Gasteiger partial charge is 0.0663 e. The second-order valence-electron chi connectivity index (χ2n) is 6.38. The Bertz CT molecular complexity index is 291. The minimum atomic E-state index is 0.128. The van der Waals surface area contributed by atoms with E-state index in [4.69, 9.17) is 10.5 Å². The summed E-state index contributed by atoms with van der Waals surface area (Å²) in [5.74, 6) is 0. The summed E-state index contributed by atoms with van der Waals surface area (Å²) in [5.41, 5.74) is 6.22. The molecule has 3 fully saturated rings. The quantitative estimate of drug-likeness (QED) is 0.785. The van der Waals surface area contributed by atoms with Crippen molar-refractivity contribution in [2.45, 2.75) is 50.2 Å². The molecule has 3 aliphatic rings. The molecule has 3 unspecified atom stereocenters. The molecule has 18 heavy (non-hydrogen) atoms. The zero-order valence-corrected chi connectivity index (χ0v) is 11.6. The van der Waals surface area contributed by atoms with Gasteiger partial charge in [-0.3, -0.25) is 9.80 Å². The van der Waals surface area contributed by atoms with E-state index in [0.29, 0.717) is 6.04 Å². The summed E-state index contributed by atoms with van der Waals surface area (Å²) < 4.78 is 5.65. The van der Waals surface area contributed by atoms with Crippen molar-refractivity contribution in [1.29, 1.82) is 0 Å². The number of nitrogens with two attached hydrogens (primary N) is 1. The van der Waals surface area contributed by atoms with Crippen LogP contribution in [0.3, 0.4) is 0 Å². The van der Waals surface area contributed by atoms with Crippen LogP contribution in [0, 0.1) is 0 Å². The van der Waals surface area contributed by atoms with E-state index in [9.17, 15) is 0 Å². The number of hydrogen-bond donors (Lipinski definition) is 1. The SMILES string of the molecule is CC1CN2CCCCC2CN1C1(CN)CCOC1. The van der Waals surface area contributed by atoms with Gasteiger partial charge >= 0.3 is 0 Å². The highest BCUT2D eigenvalue weighted by atomic mass is 16.5. The van der Waals surface area contributed by atoms with Gasteiger partial charge in [-0.25, -0.2) is 0 Å². The van der Waals surface area contributed by atoms with E-state index in [0.717, 1.165) is 32.2 Å². The molecule has 0 aromatic heterocycles. The van der Waals surface area contributed by atoms with Crippen LogP contribution >= 0.6 is 0 Å². The zero-order chi connectivity index (χ0) is 12.6. The molecule has 3 atom stereocenters. The maximum Gasteiger partial charge on any atom is 0.0663 e. The third kappa shape index (κ3) is 2.09. The molecule has 0 aromatic rings. The van der Waals surface area contributed by atoms with Gasteiger partial charge in [0.2, 0.25) is 0 Å². The van der Waals surface area contributed by atoms with Gasteiger partial charge in [-0.1, -0.05) is 6.42 Å². The second kappa shape index (κ2) is 5.08. The molecule has 0 spiro atoms. The Kier molecular flexibility index (Phi) is 3.63. The Morgan fingerprint density at radius 2 is 2.22 bits per heavy atom. The third-order valence-electron chi connectivity index (χ3n) is 5.26. The Morgan fingerprint density at radius 1 is 1.33 bits per heavy atom. The number of ether oxygens (including phenoxy) is 1. The second-order valence-corrected chi connectivity index (χ2v) is 6.38. The molecule has 0 amide bonds. The molecule has 0 saturated carbocycles. The molecule has 3 heterocycles. The maximum absolute atomic E-state index is 6.09. The summed E-state index contributed by atoms with van der Waals surface area (Å²) in [6.45, 7) is 8.53. The molecule has 3 rings (SSSR count). The zero-order valence-electron chi connectivity index (χ0n) is 11.6. The Balaban J connectivity index is 1.75. The van der Waals surface area contributed by atoms with E-state index in [1.165, 1.54) is 38.9 Å². The largest absolute Gasteiger partial charge is 0.379 e. The van der Waals surface area contributed by atoms with Crippen molar-refractivity contribution in [1.82, 2.24) is 9.80 Å². The van der Waals surface area contributed by atoms with Crippen LogP contribution in [0.25, 0.3) is 0 Å². The van der Waals surface area contributed by atoms with Crippen LogP contribution in [-0.4, -0.2) is 66.8 Å². The van der Waals surface area contributed by atoms with Gasteiger partial charge in [0.1, 0.15) is 0 Å². The van der Waals surface area contributed by atoms with E-state index in [1.807, 2.05) is 0 Å². The first kappa shape index (κ1) is 12.9. The number of piperidine rings is 1. The van der Waals surface area contributed by atoms with Crippen molar-refractivity contribution in [2.24, 2.45) is 5.73 Å². The van der Waals surface area contributed by atoms with Crippen molar-refractivity contribution in [3.05, 3.63) is 0 Å². The molecule has 0 bridgehead atoms. The predicted molar refractivity (Wildman–Crippen MR) is 72.6 cm³/mol. The molecule has 0 radical (unpaired) electrons. The van der Waals surface area contributed by atoms with Gasteiger partial charge in [0.25, 0.3) is 0 Å². The average Bonchev–Trinajstić information content (AvgIpc) is 2.88.